The molecule has 0 amide bonds. The molecular weight excluding hydrogens is 160 g/mol. The molecule has 0 aliphatic rings. The maximum atomic E-state index is 10.5. The number of ether oxygens (including phenoxy) is 1. The van der Waals surface area contributed by atoms with E-state index in [0.29, 0.717) is 19.4 Å². The van der Waals surface area contributed by atoms with Crippen LogP contribution in [0.15, 0.2) is 0 Å². The molecule has 0 radical (unpaired) electrons. The summed E-state index contributed by atoms with van der Waals surface area (Å²) in [5.74, 6) is 0.140. The van der Waals surface area contributed by atoms with Gasteiger partial charge in [0.05, 0.1) is 13.2 Å². The normalized spacial score (nSPS) is 12.9. The number of carbonyl (C=O) groups excluding carboxylic acids is 1. The van der Waals surface area contributed by atoms with E-state index >= 15 is 0 Å². The zero-order valence-corrected chi connectivity index (χ0v) is 7.32. The van der Waals surface area contributed by atoms with E-state index in [1.807, 2.05) is 0 Å². The Hall–Kier alpha value is -0.450. The maximum Gasteiger partial charge on any atom is 0.129 e. The lowest BCUT2D eigenvalue weighted by atomic mass is 10.2. The third-order valence-electron chi connectivity index (χ3n) is 1.34. The Bertz CT molecular complexity index is 124. The zero-order chi connectivity index (χ0) is 9.40. The summed E-state index contributed by atoms with van der Waals surface area (Å²) in [6.45, 7) is 1.83. The second kappa shape index (κ2) is 7.21. The molecule has 72 valence electrons. The largest absolute Gasteiger partial charge is 0.394 e. The Labute approximate surface area is 72.2 Å². The average molecular weight is 176 g/mol. The number of ketones is 1. The van der Waals surface area contributed by atoms with E-state index in [9.17, 15) is 4.79 Å². The van der Waals surface area contributed by atoms with Crippen molar-refractivity contribution in [3.8, 4) is 0 Å². The fourth-order valence-electron chi connectivity index (χ4n) is 0.695. The van der Waals surface area contributed by atoms with Gasteiger partial charge in [0.1, 0.15) is 11.9 Å². The van der Waals surface area contributed by atoms with Gasteiger partial charge in [-0.15, -0.1) is 0 Å². The van der Waals surface area contributed by atoms with Crippen LogP contribution in [0.5, 0.6) is 0 Å². The SMILES string of the molecule is CC(=O)CCCOCC(O)CO. The molecule has 0 heterocycles. The Morgan fingerprint density at radius 3 is 2.75 bits per heavy atom. The molecule has 1 atom stereocenters. The number of rotatable bonds is 7. The molecule has 12 heavy (non-hydrogen) atoms. The highest BCUT2D eigenvalue weighted by Crippen LogP contribution is 1.92. The van der Waals surface area contributed by atoms with Crippen molar-refractivity contribution in [3.63, 3.8) is 0 Å². The molecule has 0 aromatic carbocycles. The molecule has 4 heteroatoms. The second-order valence-corrected chi connectivity index (χ2v) is 2.72. The Morgan fingerprint density at radius 1 is 1.58 bits per heavy atom. The second-order valence-electron chi connectivity index (χ2n) is 2.72. The predicted octanol–water partition coefficient (Wildman–Crippen LogP) is -0.275. The summed E-state index contributed by atoms with van der Waals surface area (Å²) in [4.78, 5) is 10.5. The van der Waals surface area contributed by atoms with E-state index in [0.717, 1.165) is 0 Å². The van der Waals surface area contributed by atoms with Gasteiger partial charge in [0.15, 0.2) is 0 Å². The molecule has 4 nitrogen and oxygen atoms in total. The van der Waals surface area contributed by atoms with Crippen LogP contribution in [0.25, 0.3) is 0 Å². The number of aliphatic hydroxyl groups excluding tert-OH is 2. The lowest BCUT2D eigenvalue weighted by Crippen LogP contribution is -2.19. The first kappa shape index (κ1) is 11.6. The number of hydrogen-bond donors (Lipinski definition) is 2. The van der Waals surface area contributed by atoms with E-state index in [1.165, 1.54) is 6.92 Å². The van der Waals surface area contributed by atoms with E-state index in [4.69, 9.17) is 14.9 Å². The molecule has 0 aromatic rings. The monoisotopic (exact) mass is 176 g/mol. The van der Waals surface area contributed by atoms with Crippen molar-refractivity contribution in [1.82, 2.24) is 0 Å². The lowest BCUT2D eigenvalue weighted by Gasteiger charge is -2.06. The van der Waals surface area contributed by atoms with E-state index in [2.05, 4.69) is 0 Å². The van der Waals surface area contributed by atoms with Crippen molar-refractivity contribution in [3.05, 3.63) is 0 Å². The van der Waals surface area contributed by atoms with E-state index in [1.54, 1.807) is 0 Å². The van der Waals surface area contributed by atoms with Crippen molar-refractivity contribution >= 4 is 5.78 Å². The van der Waals surface area contributed by atoms with Gasteiger partial charge in [0.25, 0.3) is 0 Å². The summed E-state index contributed by atoms with van der Waals surface area (Å²) in [5.41, 5.74) is 0. The van der Waals surface area contributed by atoms with Crippen LogP contribution >= 0.6 is 0 Å². The summed E-state index contributed by atoms with van der Waals surface area (Å²) >= 11 is 0. The van der Waals surface area contributed by atoms with Crippen LogP contribution in [0.2, 0.25) is 0 Å². The molecule has 0 aliphatic carbocycles. The number of carbonyl (C=O) groups is 1. The lowest BCUT2D eigenvalue weighted by molar-refractivity contribution is -0.117. The summed E-state index contributed by atoms with van der Waals surface area (Å²) in [5, 5.41) is 17.2. The van der Waals surface area contributed by atoms with Crippen LogP contribution in [0.3, 0.4) is 0 Å². The minimum Gasteiger partial charge on any atom is -0.394 e. The molecule has 0 rings (SSSR count). The smallest absolute Gasteiger partial charge is 0.129 e. The highest BCUT2D eigenvalue weighted by molar-refractivity contribution is 5.75. The molecule has 0 spiro atoms. The summed E-state index contributed by atoms with van der Waals surface area (Å²) < 4.78 is 4.97. The fraction of sp³-hybridized carbons (Fsp3) is 0.875. The highest BCUT2D eigenvalue weighted by atomic mass is 16.5. The first-order chi connectivity index (χ1) is 5.66. The number of Topliss-reactive ketones (excluding diaryl/α,β-unsaturated/α-hetero) is 1. The Morgan fingerprint density at radius 2 is 2.25 bits per heavy atom. The van der Waals surface area contributed by atoms with Crippen LogP contribution in [0, 0.1) is 0 Å². The van der Waals surface area contributed by atoms with Crippen molar-refractivity contribution < 1.29 is 19.7 Å². The van der Waals surface area contributed by atoms with Crippen molar-refractivity contribution in [2.24, 2.45) is 0 Å². The highest BCUT2D eigenvalue weighted by Gasteiger charge is 2.00. The van der Waals surface area contributed by atoms with Gasteiger partial charge in [0.2, 0.25) is 0 Å². The van der Waals surface area contributed by atoms with Gasteiger partial charge in [-0.25, -0.2) is 0 Å². The number of hydrogen-bond acceptors (Lipinski definition) is 4. The van der Waals surface area contributed by atoms with Gasteiger partial charge < -0.3 is 19.7 Å². The zero-order valence-electron chi connectivity index (χ0n) is 7.32. The van der Waals surface area contributed by atoms with Gasteiger partial charge in [0, 0.05) is 13.0 Å². The van der Waals surface area contributed by atoms with Gasteiger partial charge in [-0.1, -0.05) is 0 Å². The molecule has 0 aromatic heterocycles. The summed E-state index contributed by atoms with van der Waals surface area (Å²) in [7, 11) is 0. The van der Waals surface area contributed by atoms with Gasteiger partial charge in [-0.2, -0.15) is 0 Å². The third kappa shape index (κ3) is 7.65. The van der Waals surface area contributed by atoms with Crippen LogP contribution in [-0.2, 0) is 9.53 Å². The molecule has 0 fully saturated rings. The van der Waals surface area contributed by atoms with Crippen molar-refractivity contribution in [2.45, 2.75) is 25.9 Å². The van der Waals surface area contributed by atoms with Gasteiger partial charge >= 0.3 is 0 Å². The van der Waals surface area contributed by atoms with Crippen molar-refractivity contribution in [2.75, 3.05) is 19.8 Å². The van der Waals surface area contributed by atoms with E-state index < -0.39 is 6.10 Å². The standard InChI is InChI=1S/C8H16O4/c1-7(10)3-2-4-12-6-8(11)5-9/h8-9,11H,2-6H2,1H3. The molecule has 1 unspecified atom stereocenters. The van der Waals surface area contributed by atoms with Gasteiger partial charge in [-0.3, -0.25) is 0 Å². The number of aliphatic hydroxyl groups is 2. The first-order valence-corrected chi connectivity index (χ1v) is 4.03. The maximum absolute atomic E-state index is 10.5. The molecule has 0 saturated heterocycles. The van der Waals surface area contributed by atoms with Gasteiger partial charge in [-0.05, 0) is 13.3 Å². The Kier molecular flexibility index (Phi) is 6.94. The topological polar surface area (TPSA) is 66.8 Å². The summed E-state index contributed by atoms with van der Waals surface area (Å²) in [6, 6.07) is 0. The van der Waals surface area contributed by atoms with Crippen LogP contribution in [0.4, 0.5) is 0 Å². The minimum atomic E-state index is -0.803. The predicted molar refractivity (Wildman–Crippen MR) is 43.8 cm³/mol. The average Bonchev–Trinajstić information content (AvgIpc) is 2.03. The Balaban J connectivity index is 3.05. The molecule has 0 aliphatic heterocycles. The van der Waals surface area contributed by atoms with Crippen LogP contribution in [0.1, 0.15) is 19.8 Å². The summed E-state index contributed by atoms with van der Waals surface area (Å²) in [6.07, 6.45) is 0.380. The quantitative estimate of drug-likeness (QED) is 0.524. The fourth-order valence-corrected chi connectivity index (χ4v) is 0.695. The molecule has 0 bridgehead atoms. The minimum absolute atomic E-state index is 0.133. The third-order valence-corrected chi connectivity index (χ3v) is 1.34. The molecule has 0 saturated carbocycles. The molecular formula is C8H16O4. The first-order valence-electron chi connectivity index (χ1n) is 4.03. The van der Waals surface area contributed by atoms with E-state index in [-0.39, 0.29) is 19.0 Å². The van der Waals surface area contributed by atoms with Crippen LogP contribution in [-0.4, -0.2) is 41.9 Å². The molecule has 2 N–H and O–H groups in total. The van der Waals surface area contributed by atoms with Crippen LogP contribution < -0.4 is 0 Å². The van der Waals surface area contributed by atoms with Crippen molar-refractivity contribution in [1.29, 1.82) is 0 Å².